The Morgan fingerprint density at radius 2 is 2.00 bits per heavy atom. The molecule has 0 saturated heterocycles. The maximum atomic E-state index is 14.3. The molecular formula is C17H21FN2O. The average molecular weight is 288 g/mol. The first kappa shape index (κ1) is 15.4. The number of likely N-dealkylation sites (N-methyl/N-ethyl adjacent to an activating group) is 1. The summed E-state index contributed by atoms with van der Waals surface area (Å²) in [6, 6.07) is 11.1. The van der Waals surface area contributed by atoms with Crippen molar-refractivity contribution in [3.8, 4) is 5.75 Å². The van der Waals surface area contributed by atoms with Gasteiger partial charge in [-0.3, -0.25) is 4.98 Å². The van der Waals surface area contributed by atoms with Crippen LogP contribution in [0.25, 0.3) is 0 Å². The largest absolute Gasteiger partial charge is 0.494 e. The lowest BCUT2D eigenvalue weighted by Gasteiger charge is -2.19. The minimum Gasteiger partial charge on any atom is -0.494 e. The third kappa shape index (κ3) is 3.79. The van der Waals surface area contributed by atoms with Crippen LogP contribution < -0.4 is 10.1 Å². The number of ether oxygens (including phenoxy) is 1. The van der Waals surface area contributed by atoms with Crippen LogP contribution in [0.15, 0.2) is 36.4 Å². The Labute approximate surface area is 125 Å². The van der Waals surface area contributed by atoms with E-state index in [9.17, 15) is 4.39 Å². The molecule has 0 aliphatic heterocycles. The lowest BCUT2D eigenvalue weighted by molar-refractivity contribution is 0.382. The fourth-order valence-electron chi connectivity index (χ4n) is 2.38. The monoisotopic (exact) mass is 288 g/mol. The van der Waals surface area contributed by atoms with E-state index in [4.69, 9.17) is 4.74 Å². The van der Waals surface area contributed by atoms with E-state index in [0.717, 1.165) is 17.9 Å². The van der Waals surface area contributed by atoms with Gasteiger partial charge in [0.15, 0.2) is 11.6 Å². The molecule has 0 aliphatic carbocycles. The molecule has 1 heterocycles. The quantitative estimate of drug-likeness (QED) is 0.884. The van der Waals surface area contributed by atoms with Gasteiger partial charge in [0.05, 0.1) is 18.8 Å². The zero-order valence-electron chi connectivity index (χ0n) is 12.7. The normalized spacial score (nSPS) is 12.2. The zero-order chi connectivity index (χ0) is 15.2. The molecule has 0 spiro atoms. The molecule has 1 aromatic heterocycles. The minimum atomic E-state index is -0.296. The van der Waals surface area contributed by atoms with Gasteiger partial charge in [-0.15, -0.1) is 0 Å². The van der Waals surface area contributed by atoms with Crippen molar-refractivity contribution in [2.45, 2.75) is 26.3 Å². The van der Waals surface area contributed by atoms with Crippen LogP contribution in [0, 0.1) is 12.7 Å². The van der Waals surface area contributed by atoms with Gasteiger partial charge in [-0.05, 0) is 43.7 Å². The van der Waals surface area contributed by atoms with E-state index in [1.807, 2.05) is 38.1 Å². The van der Waals surface area contributed by atoms with Crippen LogP contribution in [0.4, 0.5) is 4.39 Å². The predicted octanol–water partition coefficient (Wildman–Crippen LogP) is 3.43. The van der Waals surface area contributed by atoms with Crippen molar-refractivity contribution in [1.82, 2.24) is 10.3 Å². The maximum absolute atomic E-state index is 14.3. The van der Waals surface area contributed by atoms with E-state index in [0.29, 0.717) is 12.0 Å². The third-order valence-electron chi connectivity index (χ3n) is 3.40. The van der Waals surface area contributed by atoms with Crippen LogP contribution in [0.3, 0.4) is 0 Å². The van der Waals surface area contributed by atoms with Crippen molar-refractivity contribution >= 4 is 0 Å². The van der Waals surface area contributed by atoms with Crippen molar-refractivity contribution in [2.75, 3.05) is 13.7 Å². The van der Waals surface area contributed by atoms with E-state index in [1.54, 1.807) is 12.1 Å². The van der Waals surface area contributed by atoms with E-state index >= 15 is 0 Å². The number of benzene rings is 1. The van der Waals surface area contributed by atoms with Crippen molar-refractivity contribution in [3.05, 3.63) is 59.2 Å². The molecule has 0 amide bonds. The highest BCUT2D eigenvalue weighted by molar-refractivity contribution is 5.32. The standard InChI is InChI=1S/C17H21FN2O/c1-4-19-15(14-9-5-7-12(2)20-14)11-13-8-6-10-16(21-3)17(13)18/h5-10,15,19H,4,11H2,1-3H3. The number of methoxy groups -OCH3 is 1. The predicted molar refractivity (Wildman–Crippen MR) is 82.0 cm³/mol. The second-order valence-corrected chi connectivity index (χ2v) is 4.95. The average Bonchev–Trinajstić information content (AvgIpc) is 2.48. The molecule has 0 saturated carbocycles. The van der Waals surface area contributed by atoms with E-state index < -0.39 is 0 Å². The fraction of sp³-hybridized carbons (Fsp3) is 0.353. The van der Waals surface area contributed by atoms with Gasteiger partial charge in [-0.25, -0.2) is 4.39 Å². The van der Waals surface area contributed by atoms with Crippen molar-refractivity contribution in [2.24, 2.45) is 0 Å². The molecule has 1 unspecified atom stereocenters. The topological polar surface area (TPSA) is 34.1 Å². The van der Waals surface area contributed by atoms with Crippen LogP contribution >= 0.6 is 0 Å². The Morgan fingerprint density at radius 3 is 2.67 bits per heavy atom. The number of halogens is 1. The van der Waals surface area contributed by atoms with Crippen molar-refractivity contribution in [3.63, 3.8) is 0 Å². The minimum absolute atomic E-state index is 0.0171. The summed E-state index contributed by atoms with van der Waals surface area (Å²) in [6.45, 7) is 4.79. The number of hydrogen-bond donors (Lipinski definition) is 1. The van der Waals surface area contributed by atoms with Crippen LogP contribution in [0.5, 0.6) is 5.75 Å². The number of aromatic nitrogens is 1. The fourth-order valence-corrected chi connectivity index (χ4v) is 2.38. The Morgan fingerprint density at radius 1 is 1.24 bits per heavy atom. The van der Waals surface area contributed by atoms with Crippen LogP contribution in [0.2, 0.25) is 0 Å². The first-order chi connectivity index (χ1) is 10.2. The first-order valence-corrected chi connectivity index (χ1v) is 7.14. The number of nitrogens with zero attached hydrogens (tertiary/aromatic N) is 1. The summed E-state index contributed by atoms with van der Waals surface area (Å²) in [7, 11) is 1.48. The highest BCUT2D eigenvalue weighted by atomic mass is 19.1. The highest BCUT2D eigenvalue weighted by Gasteiger charge is 2.17. The van der Waals surface area contributed by atoms with E-state index in [2.05, 4.69) is 10.3 Å². The number of hydrogen-bond acceptors (Lipinski definition) is 3. The van der Waals surface area contributed by atoms with Crippen LogP contribution in [-0.4, -0.2) is 18.6 Å². The lowest BCUT2D eigenvalue weighted by atomic mass is 10.0. The smallest absolute Gasteiger partial charge is 0.168 e. The Kier molecular flexibility index (Phi) is 5.28. The Bertz CT molecular complexity index is 601. The summed E-state index contributed by atoms with van der Waals surface area (Å²) in [5.41, 5.74) is 2.52. The number of pyridine rings is 1. The van der Waals surface area contributed by atoms with Crippen LogP contribution in [-0.2, 0) is 6.42 Å². The Hall–Kier alpha value is -1.94. The number of aryl methyl sites for hydroxylation is 1. The summed E-state index contributed by atoms with van der Waals surface area (Å²) in [5, 5.41) is 3.37. The highest BCUT2D eigenvalue weighted by Crippen LogP contribution is 2.24. The molecular weight excluding hydrogens is 267 g/mol. The molecule has 0 fully saturated rings. The molecule has 112 valence electrons. The number of nitrogens with one attached hydrogen (secondary N) is 1. The molecule has 2 rings (SSSR count). The molecule has 2 aromatic rings. The molecule has 1 N–H and O–H groups in total. The lowest BCUT2D eigenvalue weighted by Crippen LogP contribution is -2.24. The van der Waals surface area contributed by atoms with Gasteiger partial charge in [0.25, 0.3) is 0 Å². The first-order valence-electron chi connectivity index (χ1n) is 7.14. The molecule has 21 heavy (non-hydrogen) atoms. The van der Waals surface area contributed by atoms with Gasteiger partial charge < -0.3 is 10.1 Å². The molecule has 1 atom stereocenters. The SMILES string of the molecule is CCNC(Cc1cccc(OC)c1F)c1cccc(C)n1. The summed E-state index contributed by atoms with van der Waals surface area (Å²) in [4.78, 5) is 4.54. The van der Waals surface area contributed by atoms with Gasteiger partial charge in [0, 0.05) is 5.69 Å². The van der Waals surface area contributed by atoms with Gasteiger partial charge in [-0.2, -0.15) is 0 Å². The second kappa shape index (κ2) is 7.18. The van der Waals surface area contributed by atoms with E-state index in [-0.39, 0.29) is 17.6 Å². The van der Waals surface area contributed by atoms with Gasteiger partial charge in [-0.1, -0.05) is 25.1 Å². The Balaban J connectivity index is 2.28. The summed E-state index contributed by atoms with van der Waals surface area (Å²) < 4.78 is 19.3. The molecule has 4 heteroatoms. The van der Waals surface area contributed by atoms with Crippen LogP contribution in [0.1, 0.15) is 29.9 Å². The third-order valence-corrected chi connectivity index (χ3v) is 3.40. The van der Waals surface area contributed by atoms with Gasteiger partial charge >= 0.3 is 0 Å². The maximum Gasteiger partial charge on any atom is 0.168 e. The molecule has 0 radical (unpaired) electrons. The van der Waals surface area contributed by atoms with E-state index in [1.165, 1.54) is 7.11 Å². The summed E-state index contributed by atoms with van der Waals surface area (Å²) in [6.07, 6.45) is 0.535. The van der Waals surface area contributed by atoms with Crippen molar-refractivity contribution in [1.29, 1.82) is 0 Å². The summed E-state index contributed by atoms with van der Waals surface area (Å²) >= 11 is 0. The van der Waals surface area contributed by atoms with Gasteiger partial charge in [0.2, 0.25) is 0 Å². The molecule has 1 aromatic carbocycles. The van der Waals surface area contributed by atoms with Crippen molar-refractivity contribution < 1.29 is 9.13 Å². The molecule has 0 aliphatic rings. The zero-order valence-corrected chi connectivity index (χ0v) is 12.7. The van der Waals surface area contributed by atoms with Gasteiger partial charge in [0.1, 0.15) is 0 Å². The second-order valence-electron chi connectivity index (χ2n) is 4.95. The number of rotatable bonds is 6. The summed E-state index contributed by atoms with van der Waals surface area (Å²) in [5.74, 6) is -0.0180. The molecule has 3 nitrogen and oxygen atoms in total. The molecule has 0 bridgehead atoms.